The molecule has 1 aromatic carbocycles. The highest BCUT2D eigenvalue weighted by molar-refractivity contribution is 5.96. The largest absolute Gasteiger partial charge is 0.497 e. The van der Waals surface area contributed by atoms with Gasteiger partial charge in [0.1, 0.15) is 23.0 Å². The maximum Gasteiger partial charge on any atom is 0.375 e. The van der Waals surface area contributed by atoms with Crippen molar-refractivity contribution in [3.05, 3.63) is 58.7 Å². The second kappa shape index (κ2) is 7.59. The Morgan fingerprint density at radius 3 is 2.43 bits per heavy atom. The molecule has 0 aliphatic rings. The van der Waals surface area contributed by atoms with E-state index in [-0.39, 0.29) is 17.2 Å². The summed E-state index contributed by atoms with van der Waals surface area (Å²) in [6, 6.07) is 7.91. The van der Waals surface area contributed by atoms with Gasteiger partial charge in [-0.15, -0.1) is 0 Å². The van der Waals surface area contributed by atoms with Crippen molar-refractivity contribution < 1.29 is 28.4 Å². The van der Waals surface area contributed by atoms with Crippen LogP contribution in [0.25, 0.3) is 11.3 Å². The van der Waals surface area contributed by atoms with E-state index >= 15 is 0 Å². The molecule has 3 aromatic rings. The van der Waals surface area contributed by atoms with E-state index in [0.717, 1.165) is 0 Å². The van der Waals surface area contributed by atoms with Crippen molar-refractivity contribution in [3.8, 4) is 17.0 Å². The number of carbonyl (C=O) groups is 2. The smallest absolute Gasteiger partial charge is 0.375 e. The number of ether oxygens (including phenoxy) is 1. The minimum absolute atomic E-state index is 0.281. The van der Waals surface area contributed by atoms with Crippen molar-refractivity contribution in [1.29, 1.82) is 0 Å². The van der Waals surface area contributed by atoms with Crippen molar-refractivity contribution in [2.24, 2.45) is 0 Å². The summed E-state index contributed by atoms with van der Waals surface area (Å²) in [6.45, 7) is 5.11. The van der Waals surface area contributed by atoms with Crippen molar-refractivity contribution in [2.45, 2.75) is 26.8 Å². The van der Waals surface area contributed by atoms with Crippen LogP contribution in [0.1, 0.15) is 51.0 Å². The topological polar surface area (TPSA) is 115 Å². The standard InChI is InChI=1S/C20H20N2O6/c1-10-9-15(12(3)27-10)19(23)21-11(2)16-17(22-28-18(16)20(24)25)13-5-7-14(26-4)8-6-13/h5-9,11H,1-4H3,(H,21,23)(H,24,25). The van der Waals surface area contributed by atoms with Crippen molar-refractivity contribution in [1.82, 2.24) is 10.5 Å². The van der Waals surface area contributed by atoms with Crippen LogP contribution in [0.15, 0.2) is 39.3 Å². The summed E-state index contributed by atoms with van der Waals surface area (Å²) in [5.41, 5.74) is 1.66. The first kappa shape index (κ1) is 19.2. The molecule has 0 saturated carbocycles. The van der Waals surface area contributed by atoms with E-state index in [1.54, 1.807) is 58.2 Å². The van der Waals surface area contributed by atoms with Gasteiger partial charge >= 0.3 is 5.97 Å². The van der Waals surface area contributed by atoms with E-state index in [9.17, 15) is 14.7 Å². The van der Waals surface area contributed by atoms with Crippen LogP contribution in [-0.2, 0) is 0 Å². The number of nitrogens with zero attached hydrogens (tertiary/aromatic N) is 1. The molecule has 2 heterocycles. The number of rotatable bonds is 6. The number of aromatic nitrogens is 1. The van der Waals surface area contributed by atoms with Gasteiger partial charge in [-0.2, -0.15) is 0 Å². The van der Waals surface area contributed by atoms with Gasteiger partial charge in [-0.1, -0.05) is 5.16 Å². The lowest BCUT2D eigenvalue weighted by atomic mass is 10.00. The third-order valence-corrected chi connectivity index (χ3v) is 4.35. The second-order valence-electron chi connectivity index (χ2n) is 6.33. The zero-order valence-corrected chi connectivity index (χ0v) is 15.9. The van der Waals surface area contributed by atoms with Gasteiger partial charge in [0.25, 0.3) is 5.91 Å². The SMILES string of the molecule is COc1ccc(-c2noc(C(=O)O)c2C(C)NC(=O)c2cc(C)oc2C)cc1. The third-order valence-electron chi connectivity index (χ3n) is 4.35. The molecule has 8 nitrogen and oxygen atoms in total. The third kappa shape index (κ3) is 3.62. The van der Waals surface area contributed by atoms with Gasteiger partial charge in [-0.3, -0.25) is 4.79 Å². The highest BCUT2D eigenvalue weighted by Crippen LogP contribution is 2.32. The fourth-order valence-electron chi connectivity index (χ4n) is 3.01. The molecule has 0 bridgehead atoms. The molecule has 0 spiro atoms. The quantitative estimate of drug-likeness (QED) is 0.665. The molecule has 1 unspecified atom stereocenters. The van der Waals surface area contributed by atoms with Gasteiger partial charge in [0.15, 0.2) is 0 Å². The van der Waals surface area contributed by atoms with Crippen LogP contribution in [0.2, 0.25) is 0 Å². The Morgan fingerprint density at radius 1 is 1.21 bits per heavy atom. The lowest BCUT2D eigenvalue weighted by molar-refractivity contribution is 0.0648. The summed E-state index contributed by atoms with van der Waals surface area (Å²) >= 11 is 0. The molecular weight excluding hydrogens is 364 g/mol. The van der Waals surface area contributed by atoms with Crippen LogP contribution in [-0.4, -0.2) is 29.2 Å². The first-order chi connectivity index (χ1) is 13.3. The molecule has 2 N–H and O–H groups in total. The number of aromatic carboxylic acids is 1. The molecule has 2 aromatic heterocycles. The van der Waals surface area contributed by atoms with Gasteiger partial charge in [0, 0.05) is 5.56 Å². The molecule has 1 atom stereocenters. The summed E-state index contributed by atoms with van der Waals surface area (Å²) < 4.78 is 15.6. The number of methoxy groups -OCH3 is 1. The first-order valence-corrected chi connectivity index (χ1v) is 8.57. The summed E-state index contributed by atoms with van der Waals surface area (Å²) in [5, 5.41) is 16.2. The Balaban J connectivity index is 1.96. The molecule has 0 aliphatic heterocycles. The average Bonchev–Trinajstić information content (AvgIpc) is 3.25. The van der Waals surface area contributed by atoms with Gasteiger partial charge in [0.05, 0.1) is 24.3 Å². The van der Waals surface area contributed by atoms with E-state index in [1.165, 1.54) is 0 Å². The number of hydrogen-bond donors (Lipinski definition) is 2. The van der Waals surface area contributed by atoms with Gasteiger partial charge < -0.3 is 24.1 Å². The van der Waals surface area contributed by atoms with Crippen LogP contribution >= 0.6 is 0 Å². The highest BCUT2D eigenvalue weighted by atomic mass is 16.5. The van der Waals surface area contributed by atoms with Gasteiger partial charge in [-0.25, -0.2) is 4.79 Å². The van der Waals surface area contributed by atoms with Crippen LogP contribution in [0.3, 0.4) is 0 Å². The molecule has 3 rings (SSSR count). The van der Waals surface area contributed by atoms with Gasteiger partial charge in [-0.05, 0) is 51.1 Å². The summed E-state index contributed by atoms with van der Waals surface area (Å²) in [4.78, 5) is 24.2. The predicted molar refractivity (Wildman–Crippen MR) is 99.5 cm³/mol. The maximum absolute atomic E-state index is 12.6. The normalized spacial score (nSPS) is 11.9. The van der Waals surface area contributed by atoms with Crippen molar-refractivity contribution >= 4 is 11.9 Å². The average molecular weight is 384 g/mol. The molecular formula is C20H20N2O6. The molecule has 8 heteroatoms. The minimum atomic E-state index is -1.27. The Morgan fingerprint density at radius 2 is 1.89 bits per heavy atom. The number of carboxylic acid groups (broad SMARTS) is 1. The zero-order valence-electron chi connectivity index (χ0n) is 15.9. The Hall–Kier alpha value is -3.55. The minimum Gasteiger partial charge on any atom is -0.497 e. The number of amides is 1. The number of furan rings is 1. The summed E-state index contributed by atoms with van der Waals surface area (Å²) in [6.07, 6.45) is 0. The van der Waals surface area contributed by atoms with E-state index in [4.69, 9.17) is 13.7 Å². The van der Waals surface area contributed by atoms with E-state index < -0.39 is 12.0 Å². The highest BCUT2D eigenvalue weighted by Gasteiger charge is 2.28. The summed E-state index contributed by atoms with van der Waals surface area (Å²) in [7, 11) is 1.55. The fraction of sp³-hybridized carbons (Fsp3) is 0.250. The van der Waals surface area contributed by atoms with Crippen LogP contribution < -0.4 is 10.1 Å². The second-order valence-corrected chi connectivity index (χ2v) is 6.33. The Kier molecular flexibility index (Phi) is 5.21. The van der Waals surface area contributed by atoms with Crippen LogP contribution in [0, 0.1) is 13.8 Å². The molecule has 0 radical (unpaired) electrons. The number of carbonyl (C=O) groups excluding carboxylic acids is 1. The molecule has 0 saturated heterocycles. The number of nitrogens with one attached hydrogen (secondary N) is 1. The fourth-order valence-corrected chi connectivity index (χ4v) is 3.01. The Bertz CT molecular complexity index is 1020. The van der Waals surface area contributed by atoms with E-state index in [2.05, 4.69) is 10.5 Å². The van der Waals surface area contributed by atoms with E-state index in [1.807, 2.05) is 0 Å². The number of aryl methyl sites for hydroxylation is 2. The maximum atomic E-state index is 12.6. The van der Waals surface area contributed by atoms with Crippen LogP contribution in [0.5, 0.6) is 5.75 Å². The monoisotopic (exact) mass is 384 g/mol. The molecule has 0 fully saturated rings. The number of benzene rings is 1. The summed E-state index contributed by atoms with van der Waals surface area (Å²) in [5.74, 6) is -0.205. The lowest BCUT2D eigenvalue weighted by Gasteiger charge is -2.14. The molecule has 28 heavy (non-hydrogen) atoms. The van der Waals surface area contributed by atoms with E-state index in [0.29, 0.717) is 34.1 Å². The van der Waals surface area contributed by atoms with Crippen LogP contribution in [0.4, 0.5) is 0 Å². The number of hydrogen-bond acceptors (Lipinski definition) is 6. The first-order valence-electron chi connectivity index (χ1n) is 8.57. The molecule has 146 valence electrons. The van der Waals surface area contributed by atoms with Crippen molar-refractivity contribution in [3.63, 3.8) is 0 Å². The van der Waals surface area contributed by atoms with Gasteiger partial charge in [0.2, 0.25) is 5.76 Å². The van der Waals surface area contributed by atoms with Crippen molar-refractivity contribution in [2.75, 3.05) is 7.11 Å². The zero-order chi connectivity index (χ0) is 20.4. The Labute approximate surface area is 161 Å². The number of carboxylic acids is 1. The lowest BCUT2D eigenvalue weighted by Crippen LogP contribution is -2.28. The molecule has 1 amide bonds. The predicted octanol–water partition coefficient (Wildman–Crippen LogP) is 3.75. The molecule has 0 aliphatic carbocycles.